The lowest BCUT2D eigenvalue weighted by molar-refractivity contribution is -0.121. The van der Waals surface area contributed by atoms with Crippen LogP contribution >= 0.6 is 0 Å². The maximum Gasteiger partial charge on any atom is 0.317 e. The molecule has 4 nitrogen and oxygen atoms in total. The van der Waals surface area contributed by atoms with E-state index in [0.29, 0.717) is 19.6 Å². The fourth-order valence-corrected chi connectivity index (χ4v) is 2.37. The van der Waals surface area contributed by atoms with Crippen molar-refractivity contribution in [1.29, 1.82) is 0 Å². The monoisotopic (exact) mass is 260 g/mol. The van der Waals surface area contributed by atoms with Gasteiger partial charge >= 0.3 is 6.03 Å². The lowest BCUT2D eigenvalue weighted by Gasteiger charge is -2.30. The third-order valence-corrected chi connectivity index (χ3v) is 3.64. The molecule has 0 radical (unpaired) electrons. The molecule has 0 unspecified atom stereocenters. The average Bonchev–Trinajstić information content (AvgIpc) is 2.46. The van der Waals surface area contributed by atoms with Gasteiger partial charge in [0, 0.05) is 25.6 Å². The van der Waals surface area contributed by atoms with Gasteiger partial charge in [-0.15, -0.1) is 0 Å². The molecule has 4 heteroatoms. The Bertz CT molecular complexity index is 437. The summed E-state index contributed by atoms with van der Waals surface area (Å²) in [6.07, 6.45) is 1.57. The number of nitrogens with zero attached hydrogens (tertiary/aromatic N) is 1. The highest BCUT2D eigenvalue weighted by atomic mass is 16.2. The zero-order chi connectivity index (χ0) is 13.7. The third-order valence-electron chi connectivity index (χ3n) is 3.64. The fraction of sp³-hybridized carbons (Fsp3) is 0.467. The van der Waals surface area contributed by atoms with Crippen LogP contribution in [0, 0.1) is 5.92 Å². The molecule has 2 amide bonds. The Morgan fingerprint density at radius 2 is 1.84 bits per heavy atom. The van der Waals surface area contributed by atoms with Gasteiger partial charge in [0.25, 0.3) is 0 Å². The highest BCUT2D eigenvalue weighted by molar-refractivity contribution is 5.79. The van der Waals surface area contributed by atoms with E-state index in [1.807, 2.05) is 30.3 Å². The molecule has 2 rings (SSSR count). The number of nitrogens with one attached hydrogen (secondary N) is 1. The van der Waals surface area contributed by atoms with Crippen LogP contribution in [0.3, 0.4) is 0 Å². The van der Waals surface area contributed by atoms with E-state index < -0.39 is 0 Å². The molecule has 0 aliphatic carbocycles. The summed E-state index contributed by atoms with van der Waals surface area (Å²) in [5, 5.41) is 2.91. The van der Waals surface area contributed by atoms with Crippen LogP contribution in [0.4, 0.5) is 4.79 Å². The molecule has 1 fully saturated rings. The fourth-order valence-electron chi connectivity index (χ4n) is 2.37. The van der Waals surface area contributed by atoms with Gasteiger partial charge in [0.05, 0.1) is 0 Å². The van der Waals surface area contributed by atoms with Gasteiger partial charge in [-0.1, -0.05) is 30.3 Å². The Morgan fingerprint density at radius 1 is 1.21 bits per heavy atom. The first-order chi connectivity index (χ1) is 9.16. The second kappa shape index (κ2) is 6.36. The van der Waals surface area contributed by atoms with Crippen molar-refractivity contribution >= 4 is 11.8 Å². The lowest BCUT2D eigenvalue weighted by Crippen LogP contribution is -2.45. The summed E-state index contributed by atoms with van der Waals surface area (Å²) in [4.78, 5) is 25.0. The quantitative estimate of drug-likeness (QED) is 0.905. The number of carbonyl (C=O) groups excluding carboxylic acids is 2. The Hall–Kier alpha value is -1.84. The molecule has 0 bridgehead atoms. The van der Waals surface area contributed by atoms with Gasteiger partial charge in [0.1, 0.15) is 5.78 Å². The Labute approximate surface area is 113 Å². The van der Waals surface area contributed by atoms with Crippen molar-refractivity contribution in [3.05, 3.63) is 35.9 Å². The molecule has 19 heavy (non-hydrogen) atoms. The molecule has 1 N–H and O–H groups in total. The van der Waals surface area contributed by atoms with Crippen LogP contribution < -0.4 is 5.32 Å². The molecule has 1 aliphatic rings. The van der Waals surface area contributed by atoms with Gasteiger partial charge in [-0.2, -0.15) is 0 Å². The Balaban J connectivity index is 1.77. The smallest absolute Gasteiger partial charge is 0.317 e. The van der Waals surface area contributed by atoms with E-state index in [4.69, 9.17) is 0 Å². The van der Waals surface area contributed by atoms with Crippen molar-refractivity contribution in [3.8, 4) is 0 Å². The number of urea groups is 1. The molecule has 1 heterocycles. The van der Waals surface area contributed by atoms with Crippen LogP contribution in [0.5, 0.6) is 0 Å². The Morgan fingerprint density at radius 3 is 2.42 bits per heavy atom. The first-order valence-electron chi connectivity index (χ1n) is 6.74. The number of piperidine rings is 1. The van der Waals surface area contributed by atoms with Gasteiger partial charge in [0.2, 0.25) is 0 Å². The number of amides is 2. The van der Waals surface area contributed by atoms with Crippen molar-refractivity contribution in [2.45, 2.75) is 26.3 Å². The standard InChI is InChI=1S/C15H20N2O2/c1-12(18)14-7-9-17(10-8-14)15(19)16-11-13-5-3-2-4-6-13/h2-6,14H,7-11H2,1H3,(H,16,19). The first-order valence-corrected chi connectivity index (χ1v) is 6.74. The van der Waals surface area contributed by atoms with Crippen molar-refractivity contribution in [1.82, 2.24) is 10.2 Å². The van der Waals surface area contributed by atoms with Gasteiger partial charge in [-0.05, 0) is 25.3 Å². The first kappa shape index (κ1) is 13.6. The second-order valence-electron chi connectivity index (χ2n) is 5.02. The van der Waals surface area contributed by atoms with E-state index >= 15 is 0 Å². The van der Waals surface area contributed by atoms with Gasteiger partial charge in [-0.3, -0.25) is 4.79 Å². The molecular formula is C15H20N2O2. The van der Waals surface area contributed by atoms with E-state index in [1.54, 1.807) is 11.8 Å². The number of hydrogen-bond acceptors (Lipinski definition) is 2. The number of ketones is 1. The summed E-state index contributed by atoms with van der Waals surface area (Å²) in [5.74, 6) is 0.377. The molecule has 0 spiro atoms. The summed E-state index contributed by atoms with van der Waals surface area (Å²) in [6, 6.07) is 9.81. The normalized spacial score (nSPS) is 16.2. The Kier molecular flexibility index (Phi) is 4.55. The van der Waals surface area contributed by atoms with Crippen molar-refractivity contribution in [3.63, 3.8) is 0 Å². The van der Waals surface area contributed by atoms with Crippen LogP contribution in [0.25, 0.3) is 0 Å². The maximum absolute atomic E-state index is 12.0. The number of hydrogen-bond donors (Lipinski definition) is 1. The van der Waals surface area contributed by atoms with Gasteiger partial charge in [0.15, 0.2) is 0 Å². The summed E-state index contributed by atoms with van der Waals surface area (Å²) in [7, 11) is 0. The number of carbonyl (C=O) groups is 2. The van der Waals surface area contributed by atoms with Gasteiger partial charge < -0.3 is 10.2 Å². The minimum atomic E-state index is -0.0362. The van der Waals surface area contributed by atoms with Crippen LogP contribution in [-0.2, 0) is 11.3 Å². The summed E-state index contributed by atoms with van der Waals surface area (Å²) in [5.41, 5.74) is 1.09. The van der Waals surface area contributed by atoms with Crippen molar-refractivity contribution in [2.24, 2.45) is 5.92 Å². The highest BCUT2D eigenvalue weighted by Gasteiger charge is 2.24. The molecule has 0 atom stereocenters. The van der Waals surface area contributed by atoms with E-state index in [2.05, 4.69) is 5.32 Å². The van der Waals surface area contributed by atoms with Gasteiger partial charge in [-0.25, -0.2) is 4.79 Å². The minimum absolute atomic E-state index is 0.0362. The molecule has 1 saturated heterocycles. The number of benzene rings is 1. The zero-order valence-electron chi connectivity index (χ0n) is 11.3. The molecule has 1 aromatic rings. The van der Waals surface area contributed by atoms with E-state index in [9.17, 15) is 9.59 Å². The summed E-state index contributed by atoms with van der Waals surface area (Å²) < 4.78 is 0. The maximum atomic E-state index is 12.0. The average molecular weight is 260 g/mol. The molecule has 1 aliphatic heterocycles. The number of likely N-dealkylation sites (tertiary alicyclic amines) is 1. The molecule has 0 saturated carbocycles. The SMILES string of the molecule is CC(=O)C1CCN(C(=O)NCc2ccccc2)CC1. The minimum Gasteiger partial charge on any atom is -0.334 e. The summed E-state index contributed by atoms with van der Waals surface area (Å²) in [6.45, 7) is 3.53. The van der Waals surface area contributed by atoms with E-state index in [0.717, 1.165) is 18.4 Å². The van der Waals surface area contributed by atoms with E-state index in [1.165, 1.54) is 0 Å². The van der Waals surface area contributed by atoms with Crippen LogP contribution in [0.15, 0.2) is 30.3 Å². The predicted molar refractivity (Wildman–Crippen MR) is 73.7 cm³/mol. The largest absolute Gasteiger partial charge is 0.334 e. The number of Topliss-reactive ketones (excluding diaryl/α,β-unsaturated/α-hetero) is 1. The second-order valence-corrected chi connectivity index (χ2v) is 5.02. The highest BCUT2D eigenvalue weighted by Crippen LogP contribution is 2.17. The van der Waals surface area contributed by atoms with E-state index in [-0.39, 0.29) is 17.7 Å². The third kappa shape index (κ3) is 3.81. The van der Waals surface area contributed by atoms with Crippen molar-refractivity contribution < 1.29 is 9.59 Å². The van der Waals surface area contributed by atoms with Crippen LogP contribution in [0.1, 0.15) is 25.3 Å². The van der Waals surface area contributed by atoms with Crippen LogP contribution in [0.2, 0.25) is 0 Å². The molecule has 0 aromatic heterocycles. The number of rotatable bonds is 3. The topological polar surface area (TPSA) is 49.4 Å². The zero-order valence-corrected chi connectivity index (χ0v) is 11.3. The molecular weight excluding hydrogens is 240 g/mol. The molecule has 102 valence electrons. The predicted octanol–water partition coefficient (Wildman–Crippen LogP) is 2.20. The summed E-state index contributed by atoms with van der Waals surface area (Å²) >= 11 is 0. The lowest BCUT2D eigenvalue weighted by atomic mass is 9.93. The van der Waals surface area contributed by atoms with Crippen LogP contribution in [-0.4, -0.2) is 29.8 Å². The molecule has 1 aromatic carbocycles. The van der Waals surface area contributed by atoms with Crippen molar-refractivity contribution in [2.75, 3.05) is 13.1 Å².